The lowest BCUT2D eigenvalue weighted by molar-refractivity contribution is 0.625. The molecule has 0 atom stereocenters. The van der Waals surface area contributed by atoms with Gasteiger partial charge >= 0.3 is 0 Å². The SMILES string of the molecule is NC(=S)c1ccc(N2CCCC2)cc1F. The Bertz CT molecular complexity index is 386. The van der Waals surface area contributed by atoms with Crippen molar-refractivity contribution >= 4 is 22.9 Å². The molecule has 1 saturated heterocycles. The third-order valence-electron chi connectivity index (χ3n) is 2.69. The Hall–Kier alpha value is -1.16. The Morgan fingerprint density at radius 3 is 2.53 bits per heavy atom. The van der Waals surface area contributed by atoms with E-state index in [1.165, 1.54) is 18.9 Å². The van der Waals surface area contributed by atoms with Crippen molar-refractivity contribution in [1.82, 2.24) is 0 Å². The van der Waals surface area contributed by atoms with Crippen LogP contribution in [0.3, 0.4) is 0 Å². The Labute approximate surface area is 93.9 Å². The van der Waals surface area contributed by atoms with Crippen molar-refractivity contribution in [2.24, 2.45) is 5.73 Å². The molecule has 1 heterocycles. The lowest BCUT2D eigenvalue weighted by atomic mass is 10.2. The van der Waals surface area contributed by atoms with Gasteiger partial charge in [0.25, 0.3) is 0 Å². The lowest BCUT2D eigenvalue weighted by Gasteiger charge is -2.18. The first-order valence-corrected chi connectivity index (χ1v) is 5.43. The molecule has 0 radical (unpaired) electrons. The zero-order valence-electron chi connectivity index (χ0n) is 8.37. The van der Waals surface area contributed by atoms with E-state index < -0.39 is 0 Å². The van der Waals surface area contributed by atoms with Gasteiger partial charge in [0.05, 0.1) is 0 Å². The van der Waals surface area contributed by atoms with E-state index in [1.807, 2.05) is 6.07 Å². The van der Waals surface area contributed by atoms with Crippen LogP contribution >= 0.6 is 12.2 Å². The molecule has 2 N–H and O–H groups in total. The largest absolute Gasteiger partial charge is 0.389 e. The molecule has 0 aliphatic carbocycles. The van der Waals surface area contributed by atoms with E-state index in [0.717, 1.165) is 18.8 Å². The van der Waals surface area contributed by atoms with Crippen molar-refractivity contribution < 1.29 is 4.39 Å². The minimum atomic E-state index is -0.327. The molecule has 4 heteroatoms. The molecular formula is C11H13FN2S. The van der Waals surface area contributed by atoms with Gasteiger partial charge in [-0.25, -0.2) is 4.39 Å². The Morgan fingerprint density at radius 2 is 2.00 bits per heavy atom. The maximum Gasteiger partial charge on any atom is 0.135 e. The van der Waals surface area contributed by atoms with E-state index in [2.05, 4.69) is 4.90 Å². The monoisotopic (exact) mass is 224 g/mol. The number of hydrogen-bond acceptors (Lipinski definition) is 2. The number of rotatable bonds is 2. The molecule has 15 heavy (non-hydrogen) atoms. The summed E-state index contributed by atoms with van der Waals surface area (Å²) < 4.78 is 13.6. The van der Waals surface area contributed by atoms with Crippen LogP contribution in [0.4, 0.5) is 10.1 Å². The fourth-order valence-electron chi connectivity index (χ4n) is 1.88. The molecule has 0 spiro atoms. The normalized spacial score (nSPS) is 15.7. The zero-order valence-corrected chi connectivity index (χ0v) is 9.19. The summed E-state index contributed by atoms with van der Waals surface area (Å²) in [6.07, 6.45) is 2.36. The maximum absolute atomic E-state index is 13.6. The summed E-state index contributed by atoms with van der Waals surface area (Å²) in [7, 11) is 0. The van der Waals surface area contributed by atoms with E-state index in [0.29, 0.717) is 5.56 Å². The summed E-state index contributed by atoms with van der Waals surface area (Å²) in [5.41, 5.74) is 6.64. The fraction of sp³-hybridized carbons (Fsp3) is 0.364. The first kappa shape index (κ1) is 10.4. The second kappa shape index (κ2) is 4.14. The number of thiocarbonyl (C=S) groups is 1. The van der Waals surface area contributed by atoms with Crippen LogP contribution in [0.2, 0.25) is 0 Å². The van der Waals surface area contributed by atoms with Crippen molar-refractivity contribution in [3.63, 3.8) is 0 Å². The van der Waals surface area contributed by atoms with Crippen LogP contribution in [0.15, 0.2) is 18.2 Å². The lowest BCUT2D eigenvalue weighted by Crippen LogP contribution is -2.18. The molecule has 0 amide bonds. The minimum Gasteiger partial charge on any atom is -0.389 e. The van der Waals surface area contributed by atoms with Gasteiger partial charge in [-0.05, 0) is 31.0 Å². The summed E-state index contributed by atoms with van der Waals surface area (Å²) >= 11 is 4.75. The number of hydrogen-bond donors (Lipinski definition) is 1. The van der Waals surface area contributed by atoms with Gasteiger partial charge in [0.15, 0.2) is 0 Å². The van der Waals surface area contributed by atoms with Gasteiger partial charge in [-0.3, -0.25) is 0 Å². The molecule has 0 unspecified atom stereocenters. The van der Waals surface area contributed by atoms with Crippen LogP contribution < -0.4 is 10.6 Å². The predicted molar refractivity (Wildman–Crippen MR) is 63.7 cm³/mol. The number of nitrogens with two attached hydrogens (primary N) is 1. The third-order valence-corrected chi connectivity index (χ3v) is 2.91. The highest BCUT2D eigenvalue weighted by atomic mass is 32.1. The van der Waals surface area contributed by atoms with E-state index in [4.69, 9.17) is 18.0 Å². The highest BCUT2D eigenvalue weighted by molar-refractivity contribution is 7.80. The fourth-order valence-corrected chi connectivity index (χ4v) is 2.04. The standard InChI is InChI=1S/C11H13FN2S/c12-10-7-8(14-5-1-2-6-14)3-4-9(10)11(13)15/h3-4,7H,1-2,5-6H2,(H2,13,15). The van der Waals surface area contributed by atoms with Crippen LogP contribution in [0, 0.1) is 5.82 Å². The van der Waals surface area contributed by atoms with Crippen molar-refractivity contribution in [2.45, 2.75) is 12.8 Å². The minimum absolute atomic E-state index is 0.112. The number of anilines is 1. The highest BCUT2D eigenvalue weighted by Gasteiger charge is 2.14. The topological polar surface area (TPSA) is 29.3 Å². The molecule has 1 aliphatic rings. The Kier molecular flexibility index (Phi) is 2.86. The first-order valence-electron chi connectivity index (χ1n) is 5.03. The second-order valence-electron chi connectivity index (χ2n) is 3.72. The summed E-state index contributed by atoms with van der Waals surface area (Å²) in [5, 5.41) is 0. The first-order chi connectivity index (χ1) is 7.18. The van der Waals surface area contributed by atoms with Crippen molar-refractivity contribution in [2.75, 3.05) is 18.0 Å². The molecule has 1 aliphatic heterocycles. The van der Waals surface area contributed by atoms with E-state index >= 15 is 0 Å². The van der Waals surface area contributed by atoms with Gasteiger partial charge in [0.2, 0.25) is 0 Å². The van der Waals surface area contributed by atoms with Gasteiger partial charge in [-0.2, -0.15) is 0 Å². The zero-order chi connectivity index (χ0) is 10.8. The van der Waals surface area contributed by atoms with Crippen LogP contribution in [-0.2, 0) is 0 Å². The molecule has 0 aromatic heterocycles. The number of benzene rings is 1. The number of halogens is 1. The predicted octanol–water partition coefficient (Wildman–Crippen LogP) is 2.06. The average Bonchev–Trinajstić information content (AvgIpc) is 2.69. The smallest absolute Gasteiger partial charge is 0.135 e. The molecule has 1 aromatic rings. The summed E-state index contributed by atoms with van der Waals surface area (Å²) in [4.78, 5) is 2.28. The van der Waals surface area contributed by atoms with Gasteiger partial charge in [0, 0.05) is 24.3 Å². The highest BCUT2D eigenvalue weighted by Crippen LogP contribution is 2.22. The van der Waals surface area contributed by atoms with Crippen LogP contribution in [0.1, 0.15) is 18.4 Å². The van der Waals surface area contributed by atoms with Crippen molar-refractivity contribution in [3.05, 3.63) is 29.6 Å². The van der Waals surface area contributed by atoms with Gasteiger partial charge in [-0.15, -0.1) is 0 Å². The average molecular weight is 224 g/mol. The third kappa shape index (κ3) is 2.09. The van der Waals surface area contributed by atoms with Crippen molar-refractivity contribution in [3.8, 4) is 0 Å². The van der Waals surface area contributed by atoms with Crippen molar-refractivity contribution in [1.29, 1.82) is 0 Å². The van der Waals surface area contributed by atoms with Gasteiger partial charge in [0.1, 0.15) is 10.8 Å². The molecule has 0 bridgehead atoms. The molecule has 1 aromatic carbocycles. The molecular weight excluding hydrogens is 211 g/mol. The van der Waals surface area contributed by atoms with E-state index in [-0.39, 0.29) is 10.8 Å². The number of nitrogens with zero attached hydrogens (tertiary/aromatic N) is 1. The van der Waals surface area contributed by atoms with E-state index in [1.54, 1.807) is 6.07 Å². The molecule has 1 fully saturated rings. The van der Waals surface area contributed by atoms with Crippen LogP contribution in [-0.4, -0.2) is 18.1 Å². The van der Waals surface area contributed by atoms with Crippen LogP contribution in [0.25, 0.3) is 0 Å². The summed E-state index contributed by atoms with van der Waals surface area (Å²) in [5.74, 6) is -0.327. The van der Waals surface area contributed by atoms with Gasteiger partial charge < -0.3 is 10.6 Å². The molecule has 80 valence electrons. The summed E-state index contributed by atoms with van der Waals surface area (Å²) in [6.45, 7) is 2.01. The Morgan fingerprint density at radius 1 is 1.33 bits per heavy atom. The quantitative estimate of drug-likeness (QED) is 0.780. The van der Waals surface area contributed by atoms with E-state index in [9.17, 15) is 4.39 Å². The Balaban J connectivity index is 2.28. The molecule has 2 nitrogen and oxygen atoms in total. The molecule has 0 saturated carbocycles. The molecule has 2 rings (SSSR count). The van der Waals surface area contributed by atoms with Crippen LogP contribution in [0.5, 0.6) is 0 Å². The second-order valence-corrected chi connectivity index (χ2v) is 4.16. The maximum atomic E-state index is 13.6. The summed E-state index contributed by atoms with van der Waals surface area (Å²) in [6, 6.07) is 5.05. The van der Waals surface area contributed by atoms with Gasteiger partial charge in [-0.1, -0.05) is 12.2 Å².